The fourth-order valence-electron chi connectivity index (χ4n) is 4.32. The monoisotopic (exact) mass is 564 g/mol. The van der Waals surface area contributed by atoms with E-state index < -0.39 is 37.8 Å². The molecule has 12 heteroatoms. The molecule has 36 heavy (non-hydrogen) atoms. The van der Waals surface area contributed by atoms with Crippen LogP contribution >= 0.6 is 23.2 Å². The Balaban J connectivity index is 1.90. The van der Waals surface area contributed by atoms with E-state index in [9.17, 15) is 22.1 Å². The van der Waals surface area contributed by atoms with Crippen LogP contribution in [0, 0.1) is 11.3 Å². The summed E-state index contributed by atoms with van der Waals surface area (Å²) in [5, 5.41) is 17.0. The van der Waals surface area contributed by atoms with Crippen molar-refractivity contribution in [1.82, 2.24) is 9.42 Å². The number of hydrogen-bond acceptors (Lipinski definition) is 6. The van der Waals surface area contributed by atoms with E-state index in [1.54, 1.807) is 42.5 Å². The SMILES string of the molecule is N#Cc1cccc(C2CN(CCS(N)(=O)=O)N(S(=O)(=O)c3ccc(Cl)cc3)[C@H]2c2ccc(Cl)cc2)c1. The Morgan fingerprint density at radius 3 is 2.11 bits per heavy atom. The van der Waals surface area contributed by atoms with E-state index in [0.29, 0.717) is 21.2 Å². The maximum atomic E-state index is 14.0. The summed E-state index contributed by atoms with van der Waals surface area (Å²) >= 11 is 12.1. The van der Waals surface area contributed by atoms with Gasteiger partial charge >= 0.3 is 0 Å². The highest BCUT2D eigenvalue weighted by atomic mass is 35.5. The van der Waals surface area contributed by atoms with Gasteiger partial charge in [-0.1, -0.05) is 47.5 Å². The molecule has 4 rings (SSSR count). The third-order valence-corrected chi connectivity index (χ3v) is 9.03. The van der Waals surface area contributed by atoms with E-state index in [1.807, 2.05) is 6.07 Å². The number of sulfonamides is 2. The highest BCUT2D eigenvalue weighted by Gasteiger charge is 2.48. The first-order valence-electron chi connectivity index (χ1n) is 10.8. The van der Waals surface area contributed by atoms with E-state index in [2.05, 4.69) is 6.07 Å². The first-order valence-corrected chi connectivity index (χ1v) is 14.7. The third kappa shape index (κ3) is 5.74. The number of nitrogens with zero attached hydrogens (tertiary/aromatic N) is 3. The average molecular weight is 566 g/mol. The lowest BCUT2D eigenvalue weighted by Gasteiger charge is -2.32. The number of nitrogens with two attached hydrogens (primary N) is 1. The lowest BCUT2D eigenvalue weighted by atomic mass is 9.88. The Kier molecular flexibility index (Phi) is 7.73. The standard InChI is InChI=1S/C24H22Cl2N4O4S2/c25-20-6-4-18(5-7-20)24-23(19-3-1-2-17(14-19)15-27)16-29(12-13-35(28,31)32)30(24)36(33,34)22-10-8-21(26)9-11-22/h1-11,14,23-24H,12-13,16H2,(H2,28,31,32)/t23?,24-/m0/s1. The van der Waals surface area contributed by atoms with Crippen molar-refractivity contribution in [3.63, 3.8) is 0 Å². The summed E-state index contributed by atoms with van der Waals surface area (Å²) in [5.41, 5.74) is 1.82. The topological polar surface area (TPSA) is 125 Å². The lowest BCUT2D eigenvalue weighted by molar-refractivity contribution is 0.0983. The van der Waals surface area contributed by atoms with Gasteiger partial charge in [0.15, 0.2) is 0 Å². The molecule has 0 bridgehead atoms. The van der Waals surface area contributed by atoms with Crippen molar-refractivity contribution >= 4 is 43.2 Å². The van der Waals surface area contributed by atoms with E-state index >= 15 is 0 Å². The van der Waals surface area contributed by atoms with Gasteiger partial charge in [0.25, 0.3) is 10.0 Å². The summed E-state index contributed by atoms with van der Waals surface area (Å²) in [5.74, 6) is -0.875. The zero-order valence-electron chi connectivity index (χ0n) is 18.8. The van der Waals surface area contributed by atoms with Crippen LogP contribution in [-0.4, -0.2) is 45.1 Å². The molecule has 0 saturated carbocycles. The molecule has 3 aromatic rings. The van der Waals surface area contributed by atoms with Crippen molar-refractivity contribution in [3.8, 4) is 6.07 Å². The largest absolute Gasteiger partial charge is 0.256 e. The molecule has 1 fully saturated rings. The van der Waals surface area contributed by atoms with Gasteiger partial charge in [0.1, 0.15) is 0 Å². The van der Waals surface area contributed by atoms with Gasteiger partial charge in [-0.2, -0.15) is 5.26 Å². The Morgan fingerprint density at radius 1 is 0.917 bits per heavy atom. The molecule has 0 aliphatic carbocycles. The summed E-state index contributed by atoms with van der Waals surface area (Å²) in [4.78, 5) is -0.00195. The molecule has 1 aliphatic heterocycles. The lowest BCUT2D eigenvalue weighted by Crippen LogP contribution is -2.44. The van der Waals surface area contributed by atoms with E-state index in [1.165, 1.54) is 33.7 Å². The number of primary sulfonamides is 1. The maximum absolute atomic E-state index is 14.0. The van der Waals surface area contributed by atoms with Gasteiger partial charge in [-0.15, -0.1) is 4.41 Å². The molecular weight excluding hydrogens is 543 g/mol. The van der Waals surface area contributed by atoms with Gasteiger partial charge in [-0.25, -0.2) is 27.0 Å². The molecule has 188 valence electrons. The normalized spacial score (nSPS) is 19.3. The first kappa shape index (κ1) is 26.6. The molecule has 8 nitrogen and oxygen atoms in total. The Labute approximate surface area is 220 Å². The number of hydrazine groups is 1. The van der Waals surface area contributed by atoms with Crippen LogP contribution in [0.2, 0.25) is 10.0 Å². The molecule has 1 aliphatic rings. The van der Waals surface area contributed by atoms with Crippen LogP contribution < -0.4 is 5.14 Å². The Hall–Kier alpha value is -2.49. The fraction of sp³-hybridized carbons (Fsp3) is 0.208. The summed E-state index contributed by atoms with van der Waals surface area (Å²) in [6, 6.07) is 20.9. The predicted octanol–water partition coefficient (Wildman–Crippen LogP) is 3.90. The van der Waals surface area contributed by atoms with Crippen LogP contribution in [0.25, 0.3) is 0 Å². The summed E-state index contributed by atoms with van der Waals surface area (Å²) < 4.78 is 52.8. The minimum atomic E-state index is -4.17. The van der Waals surface area contributed by atoms with Crippen LogP contribution in [0.1, 0.15) is 28.7 Å². The highest BCUT2D eigenvalue weighted by Crippen LogP contribution is 2.46. The van der Waals surface area contributed by atoms with Crippen LogP contribution in [0.3, 0.4) is 0 Å². The minimum Gasteiger partial charge on any atom is -0.229 e. The molecule has 2 N–H and O–H groups in total. The molecule has 1 heterocycles. The third-order valence-electron chi connectivity index (χ3n) is 5.95. The molecule has 0 spiro atoms. The molecule has 3 aromatic carbocycles. The fourth-order valence-corrected chi connectivity index (χ4v) is 6.76. The number of benzene rings is 3. The number of nitriles is 1. The molecule has 0 amide bonds. The second kappa shape index (κ2) is 10.5. The van der Waals surface area contributed by atoms with Crippen LogP contribution in [0.4, 0.5) is 0 Å². The van der Waals surface area contributed by atoms with Crippen LogP contribution in [0.15, 0.2) is 77.7 Å². The second-order valence-corrected chi connectivity index (χ2v) is 12.8. The van der Waals surface area contributed by atoms with Gasteiger partial charge in [-0.3, -0.25) is 0 Å². The van der Waals surface area contributed by atoms with Gasteiger partial charge in [0, 0.05) is 29.1 Å². The van der Waals surface area contributed by atoms with Crippen LogP contribution in [-0.2, 0) is 20.0 Å². The molecule has 1 unspecified atom stereocenters. The van der Waals surface area contributed by atoms with Crippen molar-refractivity contribution in [2.75, 3.05) is 18.8 Å². The molecule has 1 saturated heterocycles. The van der Waals surface area contributed by atoms with Crippen molar-refractivity contribution < 1.29 is 16.8 Å². The van der Waals surface area contributed by atoms with Crippen molar-refractivity contribution in [1.29, 1.82) is 5.26 Å². The van der Waals surface area contributed by atoms with Crippen LogP contribution in [0.5, 0.6) is 0 Å². The zero-order valence-corrected chi connectivity index (χ0v) is 22.0. The van der Waals surface area contributed by atoms with Gasteiger partial charge in [0.05, 0.1) is 28.3 Å². The quantitative estimate of drug-likeness (QED) is 0.464. The van der Waals surface area contributed by atoms with E-state index in [0.717, 1.165) is 5.56 Å². The number of halogens is 2. The maximum Gasteiger partial charge on any atom is 0.256 e. The molecule has 0 radical (unpaired) electrons. The Morgan fingerprint density at radius 2 is 1.53 bits per heavy atom. The average Bonchev–Trinajstić information content (AvgIpc) is 3.24. The predicted molar refractivity (Wildman–Crippen MR) is 138 cm³/mol. The van der Waals surface area contributed by atoms with Crippen molar-refractivity contribution in [2.45, 2.75) is 16.9 Å². The molecule has 2 atom stereocenters. The Bertz CT molecular complexity index is 1510. The highest BCUT2D eigenvalue weighted by molar-refractivity contribution is 7.89. The molecular formula is C24H22Cl2N4O4S2. The number of rotatable bonds is 7. The van der Waals surface area contributed by atoms with Gasteiger partial charge in [0.2, 0.25) is 10.0 Å². The molecule has 0 aromatic heterocycles. The van der Waals surface area contributed by atoms with Crippen molar-refractivity contribution in [2.24, 2.45) is 5.14 Å². The second-order valence-electron chi connectivity index (χ2n) is 8.35. The van der Waals surface area contributed by atoms with Gasteiger partial charge in [-0.05, 0) is 59.7 Å². The van der Waals surface area contributed by atoms with E-state index in [4.69, 9.17) is 28.3 Å². The summed E-state index contributed by atoms with van der Waals surface area (Å²) in [6.07, 6.45) is 0. The number of hydrogen-bond donors (Lipinski definition) is 1. The summed E-state index contributed by atoms with van der Waals surface area (Å²) in [7, 11) is -8.04. The minimum absolute atomic E-state index is 0.00195. The first-order chi connectivity index (χ1) is 17.0. The van der Waals surface area contributed by atoms with Gasteiger partial charge < -0.3 is 0 Å². The van der Waals surface area contributed by atoms with Crippen molar-refractivity contribution in [3.05, 3.63) is 99.5 Å². The van der Waals surface area contributed by atoms with E-state index in [-0.39, 0.29) is 18.0 Å². The zero-order chi connectivity index (χ0) is 26.1. The smallest absolute Gasteiger partial charge is 0.229 e. The summed E-state index contributed by atoms with van der Waals surface area (Å²) in [6.45, 7) is 0.0225.